The molecule has 0 saturated carbocycles. The second kappa shape index (κ2) is 7.42. The maximum atomic E-state index is 13.6. The molecule has 3 atom stereocenters. The normalized spacial score (nSPS) is 24.9. The number of hydrogen-bond acceptors (Lipinski definition) is 5. The van der Waals surface area contributed by atoms with Crippen LogP contribution in [0.15, 0.2) is 36.4 Å². The largest absolute Gasteiger partial charge is 0.508 e. The summed E-state index contributed by atoms with van der Waals surface area (Å²) in [5.41, 5.74) is 2.65. The maximum Gasteiger partial charge on any atom is 0.326 e. The van der Waals surface area contributed by atoms with Crippen LogP contribution in [0.2, 0.25) is 0 Å². The zero-order valence-corrected chi connectivity index (χ0v) is 19.5. The molecule has 3 aromatic rings. The third-order valence-electron chi connectivity index (χ3n) is 7.34. The lowest BCUT2D eigenvalue weighted by atomic mass is 9.61. The smallest absolute Gasteiger partial charge is 0.326 e. The van der Waals surface area contributed by atoms with Crippen molar-refractivity contribution in [2.75, 3.05) is 32.6 Å². The monoisotopic (exact) mass is 454 g/mol. The summed E-state index contributed by atoms with van der Waals surface area (Å²) >= 11 is 1.38. The minimum Gasteiger partial charge on any atom is -0.508 e. The van der Waals surface area contributed by atoms with Crippen molar-refractivity contribution in [2.45, 2.75) is 37.3 Å². The summed E-state index contributed by atoms with van der Waals surface area (Å²) in [5, 5.41) is 10.7. The number of carbonyl (C=O) groups is 1. The number of phenols is 1. The number of hydrogen-bond donors (Lipinski definition) is 1. The van der Waals surface area contributed by atoms with Crippen LogP contribution >= 0.6 is 11.3 Å². The van der Waals surface area contributed by atoms with Gasteiger partial charge in [-0.15, -0.1) is 0 Å². The first-order valence-corrected chi connectivity index (χ1v) is 11.6. The number of likely N-dealkylation sites (tertiary alicyclic amines) is 1. The van der Waals surface area contributed by atoms with Gasteiger partial charge in [0.25, 0.3) is 0 Å². The summed E-state index contributed by atoms with van der Waals surface area (Å²) in [6, 6.07) is 10.1. The average Bonchev–Trinajstić information content (AvgIpc) is 3.19. The van der Waals surface area contributed by atoms with Crippen LogP contribution in [-0.2, 0) is 11.8 Å². The number of nitrogens with zero attached hydrogens (tertiary/aromatic N) is 4. The summed E-state index contributed by atoms with van der Waals surface area (Å²) in [6.45, 7) is 3.15. The number of aromatic nitrogens is 1. The van der Waals surface area contributed by atoms with E-state index in [9.17, 15) is 14.3 Å². The van der Waals surface area contributed by atoms with Crippen LogP contribution in [0, 0.1) is 5.82 Å². The molecule has 1 fully saturated rings. The third-order valence-corrected chi connectivity index (χ3v) is 8.45. The van der Waals surface area contributed by atoms with E-state index in [4.69, 9.17) is 0 Å². The summed E-state index contributed by atoms with van der Waals surface area (Å²) in [6.07, 6.45) is 1.72. The van der Waals surface area contributed by atoms with Crippen LogP contribution < -0.4 is 4.90 Å². The van der Waals surface area contributed by atoms with E-state index in [2.05, 4.69) is 23.9 Å². The molecule has 2 amide bonds. The van der Waals surface area contributed by atoms with E-state index in [0.717, 1.165) is 29.6 Å². The van der Waals surface area contributed by atoms with Gasteiger partial charge in [-0.05, 0) is 61.8 Å². The Morgan fingerprint density at radius 2 is 2.06 bits per heavy atom. The Morgan fingerprint density at radius 1 is 1.28 bits per heavy atom. The molecule has 1 aliphatic heterocycles. The second-order valence-electron chi connectivity index (χ2n) is 9.27. The van der Waals surface area contributed by atoms with Gasteiger partial charge in [-0.2, -0.15) is 0 Å². The molecule has 168 valence electrons. The second-order valence-corrected chi connectivity index (χ2v) is 10.3. The molecule has 2 bridgehead atoms. The van der Waals surface area contributed by atoms with Gasteiger partial charge in [-0.1, -0.05) is 24.3 Å². The number of fused-ring (bicyclic) bond motifs is 5. The van der Waals surface area contributed by atoms with Gasteiger partial charge >= 0.3 is 6.03 Å². The fraction of sp³-hybridized carbons (Fsp3) is 0.417. The molecule has 1 aliphatic carbocycles. The highest BCUT2D eigenvalue weighted by atomic mass is 32.1. The van der Waals surface area contributed by atoms with E-state index in [1.165, 1.54) is 29.0 Å². The first kappa shape index (κ1) is 21.2. The summed E-state index contributed by atoms with van der Waals surface area (Å²) in [7, 11) is 5.69. The van der Waals surface area contributed by atoms with Gasteiger partial charge in [0.2, 0.25) is 0 Å². The van der Waals surface area contributed by atoms with Crippen LogP contribution in [0.5, 0.6) is 5.75 Å². The number of phenolic OH excluding ortho intramolecular Hbond substituents is 1. The van der Waals surface area contributed by atoms with Crippen molar-refractivity contribution < 1.29 is 14.3 Å². The van der Waals surface area contributed by atoms with E-state index in [0.29, 0.717) is 10.6 Å². The van der Waals surface area contributed by atoms with Gasteiger partial charge < -0.3 is 14.9 Å². The highest BCUT2D eigenvalue weighted by molar-refractivity contribution is 7.22. The molecule has 6 nitrogen and oxygen atoms in total. The molecule has 1 saturated heterocycles. The zero-order chi connectivity index (χ0) is 22.8. The molecule has 2 heterocycles. The molecule has 2 aromatic carbocycles. The predicted octanol–water partition coefficient (Wildman–Crippen LogP) is 4.22. The summed E-state index contributed by atoms with van der Waals surface area (Å²) in [4.78, 5) is 23.8. The SMILES string of the molecule is CN(C(=O)N(C)[C@@H]1[C@H]2Cc3ccc(O)cc3[C@]1(C)CCN2C)c1nc2cc(F)ccc2s1. The number of rotatable bonds is 2. The molecular formula is C24H27FN4O2S. The molecule has 1 N–H and O–H groups in total. The molecular weight excluding hydrogens is 427 g/mol. The topological polar surface area (TPSA) is 59.9 Å². The van der Waals surface area contributed by atoms with Crippen LogP contribution in [0.1, 0.15) is 24.5 Å². The average molecular weight is 455 g/mol. The van der Waals surface area contributed by atoms with Crippen LogP contribution in [0.4, 0.5) is 14.3 Å². The van der Waals surface area contributed by atoms with Gasteiger partial charge in [0, 0.05) is 31.6 Å². The van der Waals surface area contributed by atoms with Gasteiger partial charge in [0.05, 0.1) is 16.3 Å². The number of urea groups is 1. The zero-order valence-electron chi connectivity index (χ0n) is 18.7. The summed E-state index contributed by atoms with van der Waals surface area (Å²) in [5.74, 6) is -0.0812. The van der Waals surface area contributed by atoms with E-state index < -0.39 is 0 Å². The number of carbonyl (C=O) groups excluding carboxylic acids is 1. The molecule has 1 aromatic heterocycles. The van der Waals surface area contributed by atoms with Crippen LogP contribution in [0.3, 0.4) is 0 Å². The lowest BCUT2D eigenvalue weighted by Crippen LogP contribution is -2.68. The maximum absolute atomic E-state index is 13.6. The van der Waals surface area contributed by atoms with Crippen molar-refractivity contribution in [1.29, 1.82) is 0 Å². The van der Waals surface area contributed by atoms with E-state index in [1.54, 1.807) is 24.1 Å². The number of benzene rings is 2. The molecule has 5 rings (SSSR count). The van der Waals surface area contributed by atoms with Gasteiger partial charge in [-0.25, -0.2) is 14.2 Å². The molecule has 32 heavy (non-hydrogen) atoms. The number of thiazole rings is 1. The number of piperidine rings is 1. The number of anilines is 1. The lowest BCUT2D eigenvalue weighted by molar-refractivity contribution is 0.0203. The number of aromatic hydroxyl groups is 1. The number of halogens is 1. The Balaban J connectivity index is 1.50. The third kappa shape index (κ3) is 3.16. The van der Waals surface area contributed by atoms with E-state index in [1.807, 2.05) is 24.1 Å². The first-order chi connectivity index (χ1) is 15.2. The highest BCUT2D eigenvalue weighted by Crippen LogP contribution is 2.47. The molecule has 0 radical (unpaired) electrons. The Hall–Kier alpha value is -2.71. The minimum absolute atomic E-state index is 0.0580. The highest BCUT2D eigenvalue weighted by Gasteiger charge is 2.53. The van der Waals surface area contributed by atoms with Crippen molar-refractivity contribution in [1.82, 2.24) is 14.8 Å². The van der Waals surface area contributed by atoms with Crippen molar-refractivity contribution in [2.24, 2.45) is 0 Å². The van der Waals surface area contributed by atoms with E-state index in [-0.39, 0.29) is 35.1 Å². The predicted molar refractivity (Wildman–Crippen MR) is 125 cm³/mol. The number of likely N-dealkylation sites (N-methyl/N-ethyl adjacent to an activating group) is 2. The molecule has 8 heteroatoms. The van der Waals surface area contributed by atoms with E-state index >= 15 is 0 Å². The van der Waals surface area contributed by atoms with Crippen molar-refractivity contribution in [3.63, 3.8) is 0 Å². The Kier molecular flexibility index (Phi) is 4.90. The fourth-order valence-electron chi connectivity index (χ4n) is 5.60. The van der Waals surface area contributed by atoms with Crippen molar-refractivity contribution >= 4 is 32.7 Å². The minimum atomic E-state index is -0.339. The molecule has 0 unspecified atom stereocenters. The molecule has 2 aliphatic rings. The van der Waals surface area contributed by atoms with Crippen molar-refractivity contribution in [3.05, 3.63) is 53.3 Å². The summed E-state index contributed by atoms with van der Waals surface area (Å²) < 4.78 is 14.4. The van der Waals surface area contributed by atoms with Crippen molar-refractivity contribution in [3.8, 4) is 5.75 Å². The Morgan fingerprint density at radius 3 is 2.84 bits per heavy atom. The van der Waals surface area contributed by atoms with Gasteiger partial charge in [-0.3, -0.25) is 4.90 Å². The van der Waals surface area contributed by atoms with Crippen LogP contribution in [0.25, 0.3) is 10.2 Å². The quantitative estimate of drug-likeness (QED) is 0.630. The number of amides is 2. The van der Waals surface area contributed by atoms with Crippen LogP contribution in [-0.4, -0.2) is 65.7 Å². The Bertz CT molecular complexity index is 1210. The van der Waals surface area contributed by atoms with Gasteiger partial charge in [0.1, 0.15) is 11.6 Å². The van der Waals surface area contributed by atoms with Gasteiger partial charge in [0.15, 0.2) is 5.13 Å². The standard InChI is InChI=1S/C24H27FN4O2S/c1-24-9-10-27(2)19(11-14-5-7-16(30)13-17(14)24)21(24)28(3)23(31)29(4)22-26-18-12-15(25)6-8-20(18)32-22/h5-8,12-13,19,21,30H,9-11H2,1-4H3/t19-,21-,24+/m1/s1. The first-order valence-electron chi connectivity index (χ1n) is 10.8. The fourth-order valence-corrected chi connectivity index (χ4v) is 6.50. The lowest BCUT2D eigenvalue weighted by Gasteiger charge is -2.57. The Labute approximate surface area is 190 Å². The molecule has 0 spiro atoms.